The fourth-order valence-electron chi connectivity index (χ4n) is 4.56. The highest BCUT2D eigenvalue weighted by atomic mass is 32.2. The lowest BCUT2D eigenvalue weighted by Crippen LogP contribution is -2.46. The van der Waals surface area contributed by atoms with Gasteiger partial charge in [0.1, 0.15) is 17.2 Å². The van der Waals surface area contributed by atoms with Crippen molar-refractivity contribution in [2.24, 2.45) is 0 Å². The van der Waals surface area contributed by atoms with Gasteiger partial charge in [0.2, 0.25) is 0 Å². The van der Waals surface area contributed by atoms with E-state index in [9.17, 15) is 23.1 Å². The molecule has 0 saturated carbocycles. The molecule has 0 radical (unpaired) electrons. The quantitative estimate of drug-likeness (QED) is 0.410. The zero-order chi connectivity index (χ0) is 27.5. The molecule has 1 atom stereocenters. The molecular weight excluding hydrogens is 513 g/mol. The van der Waals surface area contributed by atoms with E-state index in [1.165, 1.54) is 19.3 Å². The number of hydrogen-bond acceptors (Lipinski definition) is 8. The van der Waals surface area contributed by atoms with Crippen molar-refractivity contribution in [1.29, 1.82) is 0 Å². The molecule has 11 heteroatoms. The highest BCUT2D eigenvalue weighted by Crippen LogP contribution is 2.27. The molecule has 2 aromatic carbocycles. The Morgan fingerprint density at radius 2 is 1.84 bits per heavy atom. The number of Topliss-reactive ketones (excluding diaryl/α,β-unsaturated/α-hetero) is 1. The lowest BCUT2D eigenvalue weighted by molar-refractivity contribution is -0.124. The van der Waals surface area contributed by atoms with Gasteiger partial charge in [0.05, 0.1) is 30.4 Å². The molecular formula is C27H32FN3O6S. The monoisotopic (exact) mass is 545 g/mol. The summed E-state index contributed by atoms with van der Waals surface area (Å²) in [5.41, 5.74) is 1.88. The molecule has 0 amide bonds. The van der Waals surface area contributed by atoms with Crippen LogP contribution < -0.4 is 5.56 Å². The van der Waals surface area contributed by atoms with Crippen molar-refractivity contribution < 1.29 is 27.4 Å². The normalized spacial score (nSPS) is 16.4. The molecule has 204 valence electrons. The number of benzene rings is 2. The number of sulfone groups is 1. The van der Waals surface area contributed by atoms with Crippen molar-refractivity contribution in [2.75, 3.05) is 45.7 Å². The van der Waals surface area contributed by atoms with E-state index in [2.05, 4.69) is 9.88 Å². The van der Waals surface area contributed by atoms with E-state index in [4.69, 9.17) is 4.74 Å². The molecule has 1 aliphatic heterocycles. The summed E-state index contributed by atoms with van der Waals surface area (Å²) in [6, 6.07) is 10.3. The molecule has 0 spiro atoms. The summed E-state index contributed by atoms with van der Waals surface area (Å²) in [5.74, 6) is -1.43. The number of rotatable bonds is 10. The fourth-order valence-corrected chi connectivity index (χ4v) is 5.50. The van der Waals surface area contributed by atoms with Crippen molar-refractivity contribution in [3.05, 3.63) is 64.5 Å². The SMILES string of the molecule is C[C@@](CCn1cnc2cc(-c3ccc(CCN4CCOCC4)cc3)c(F)cc2c1=O)(C(=O)CO)S(C)(=O)=O. The van der Waals surface area contributed by atoms with Crippen LogP contribution in [0.15, 0.2) is 47.5 Å². The van der Waals surface area contributed by atoms with Gasteiger partial charge in [0, 0.05) is 38.0 Å². The molecule has 1 saturated heterocycles. The van der Waals surface area contributed by atoms with Gasteiger partial charge in [-0.2, -0.15) is 0 Å². The number of aliphatic hydroxyl groups excluding tert-OH is 1. The number of aromatic nitrogens is 2. The molecule has 1 N–H and O–H groups in total. The Hall–Kier alpha value is -2.99. The maximum atomic E-state index is 15.1. The number of morpholine rings is 1. The minimum Gasteiger partial charge on any atom is -0.389 e. The predicted molar refractivity (Wildman–Crippen MR) is 142 cm³/mol. The summed E-state index contributed by atoms with van der Waals surface area (Å²) in [5, 5.41) is 9.28. The van der Waals surface area contributed by atoms with E-state index in [1.807, 2.05) is 24.3 Å². The summed E-state index contributed by atoms with van der Waals surface area (Å²) in [6.45, 7) is 4.43. The number of hydrogen-bond donors (Lipinski definition) is 1. The van der Waals surface area contributed by atoms with Crippen molar-refractivity contribution >= 4 is 26.5 Å². The first-order valence-electron chi connectivity index (χ1n) is 12.5. The molecule has 1 aromatic heterocycles. The van der Waals surface area contributed by atoms with Crippen LogP contribution >= 0.6 is 0 Å². The number of aryl methyl sites for hydroxylation is 1. The molecule has 0 aliphatic carbocycles. The second-order valence-corrected chi connectivity index (χ2v) is 12.3. The van der Waals surface area contributed by atoms with E-state index in [1.54, 1.807) is 0 Å². The summed E-state index contributed by atoms with van der Waals surface area (Å²) in [7, 11) is -3.87. The Labute approximate surface area is 220 Å². The number of ketones is 1. The smallest absolute Gasteiger partial charge is 0.261 e. The molecule has 4 rings (SSSR count). The molecule has 1 aliphatic rings. The number of aliphatic hydroxyl groups is 1. The summed E-state index contributed by atoms with van der Waals surface area (Å²) >= 11 is 0. The Bertz CT molecular complexity index is 1480. The van der Waals surface area contributed by atoms with Gasteiger partial charge < -0.3 is 9.84 Å². The number of carbonyl (C=O) groups is 1. The van der Waals surface area contributed by atoms with Crippen LogP contribution in [0, 0.1) is 5.82 Å². The van der Waals surface area contributed by atoms with Gasteiger partial charge in [-0.15, -0.1) is 0 Å². The van der Waals surface area contributed by atoms with Crippen LogP contribution in [-0.4, -0.2) is 84.2 Å². The lowest BCUT2D eigenvalue weighted by atomic mass is 10.0. The highest BCUT2D eigenvalue weighted by Gasteiger charge is 2.42. The lowest BCUT2D eigenvalue weighted by Gasteiger charge is -2.26. The van der Waals surface area contributed by atoms with Gasteiger partial charge in [-0.25, -0.2) is 17.8 Å². The number of ether oxygens (including phenoxy) is 1. The van der Waals surface area contributed by atoms with E-state index >= 15 is 4.39 Å². The van der Waals surface area contributed by atoms with Crippen molar-refractivity contribution in [3.63, 3.8) is 0 Å². The minimum absolute atomic E-state index is 0.0467. The van der Waals surface area contributed by atoms with Gasteiger partial charge in [0.15, 0.2) is 15.6 Å². The van der Waals surface area contributed by atoms with E-state index in [0.29, 0.717) is 16.6 Å². The molecule has 3 aromatic rings. The topological polar surface area (TPSA) is 119 Å². The first-order chi connectivity index (χ1) is 18.0. The van der Waals surface area contributed by atoms with E-state index in [-0.39, 0.29) is 18.4 Å². The van der Waals surface area contributed by atoms with Gasteiger partial charge in [-0.3, -0.25) is 19.1 Å². The maximum absolute atomic E-state index is 15.1. The van der Waals surface area contributed by atoms with Gasteiger partial charge in [-0.05, 0) is 43.0 Å². The zero-order valence-electron chi connectivity index (χ0n) is 21.5. The van der Waals surface area contributed by atoms with Crippen molar-refractivity contribution in [2.45, 2.75) is 31.1 Å². The van der Waals surface area contributed by atoms with Gasteiger partial charge in [0.25, 0.3) is 5.56 Å². The average molecular weight is 546 g/mol. The minimum atomic E-state index is -3.87. The first-order valence-corrected chi connectivity index (χ1v) is 14.3. The Kier molecular flexibility index (Phi) is 8.41. The molecule has 0 unspecified atom stereocenters. The number of nitrogens with zero attached hydrogens (tertiary/aromatic N) is 3. The third-order valence-corrected chi connectivity index (χ3v) is 9.45. The van der Waals surface area contributed by atoms with Crippen LogP contribution in [0.4, 0.5) is 4.39 Å². The van der Waals surface area contributed by atoms with E-state index < -0.39 is 38.4 Å². The zero-order valence-corrected chi connectivity index (χ0v) is 22.3. The van der Waals surface area contributed by atoms with Crippen LogP contribution in [0.2, 0.25) is 0 Å². The largest absolute Gasteiger partial charge is 0.389 e. The van der Waals surface area contributed by atoms with Crippen LogP contribution in [0.25, 0.3) is 22.0 Å². The van der Waals surface area contributed by atoms with Gasteiger partial charge in [-0.1, -0.05) is 24.3 Å². The van der Waals surface area contributed by atoms with Crippen molar-refractivity contribution in [3.8, 4) is 11.1 Å². The number of halogens is 1. The second kappa shape index (κ2) is 11.4. The number of fused-ring (bicyclic) bond motifs is 1. The third-order valence-electron chi connectivity index (χ3n) is 7.38. The first kappa shape index (κ1) is 28.0. The fraction of sp³-hybridized carbons (Fsp3) is 0.444. The van der Waals surface area contributed by atoms with Gasteiger partial charge >= 0.3 is 0 Å². The Morgan fingerprint density at radius 1 is 1.16 bits per heavy atom. The molecule has 38 heavy (non-hydrogen) atoms. The van der Waals surface area contributed by atoms with E-state index in [0.717, 1.165) is 61.7 Å². The highest BCUT2D eigenvalue weighted by molar-refractivity contribution is 7.92. The molecule has 2 heterocycles. The molecule has 9 nitrogen and oxygen atoms in total. The number of carbonyl (C=O) groups excluding carboxylic acids is 1. The Morgan fingerprint density at radius 3 is 2.47 bits per heavy atom. The maximum Gasteiger partial charge on any atom is 0.261 e. The van der Waals surface area contributed by atoms with Crippen LogP contribution in [-0.2, 0) is 32.3 Å². The van der Waals surface area contributed by atoms with Crippen LogP contribution in [0.5, 0.6) is 0 Å². The Balaban J connectivity index is 1.54. The predicted octanol–water partition coefficient (Wildman–Crippen LogP) is 1.83. The molecule has 0 bridgehead atoms. The second-order valence-electron chi connectivity index (χ2n) is 9.83. The standard InChI is InChI=1S/C27H32FN3O6S/c1-27(25(33)17-32,38(2,35)36)8-10-31-18-29-24-16-21(23(28)15-22(24)26(31)34)20-5-3-19(4-6-20)7-9-30-11-13-37-14-12-30/h3-6,15-16,18,32H,7-14,17H2,1-2H3/t27-/m1/s1. The average Bonchev–Trinajstić information content (AvgIpc) is 2.91. The van der Waals surface area contributed by atoms with Crippen molar-refractivity contribution in [1.82, 2.24) is 14.5 Å². The van der Waals surface area contributed by atoms with Crippen LogP contribution in [0.1, 0.15) is 18.9 Å². The third kappa shape index (κ3) is 5.85. The summed E-state index contributed by atoms with van der Waals surface area (Å²) in [4.78, 5) is 31.8. The van der Waals surface area contributed by atoms with Crippen LogP contribution in [0.3, 0.4) is 0 Å². The summed E-state index contributed by atoms with van der Waals surface area (Å²) in [6.07, 6.45) is 2.81. The molecule has 1 fully saturated rings. The summed E-state index contributed by atoms with van der Waals surface area (Å²) < 4.78 is 44.3.